The van der Waals surface area contributed by atoms with Gasteiger partial charge in [-0.25, -0.2) is 0 Å². The lowest BCUT2D eigenvalue weighted by Gasteiger charge is -2.21. The van der Waals surface area contributed by atoms with Gasteiger partial charge in [0.15, 0.2) is 0 Å². The molecule has 2 nitrogen and oxygen atoms in total. The van der Waals surface area contributed by atoms with Crippen molar-refractivity contribution in [3.05, 3.63) is 34.3 Å². The maximum Gasteiger partial charge on any atom is 0.0720 e. The monoisotopic (exact) mass is 327 g/mol. The summed E-state index contributed by atoms with van der Waals surface area (Å²) in [7, 11) is 0. The van der Waals surface area contributed by atoms with E-state index in [-0.39, 0.29) is 5.54 Å². The van der Waals surface area contributed by atoms with Crippen molar-refractivity contribution in [3.8, 4) is 0 Å². The van der Waals surface area contributed by atoms with Crippen LogP contribution in [-0.4, -0.2) is 18.2 Å². The second-order valence-corrected chi connectivity index (χ2v) is 6.99. The van der Waals surface area contributed by atoms with Crippen molar-refractivity contribution in [1.29, 1.82) is 0 Å². The van der Waals surface area contributed by atoms with Crippen LogP contribution in [0, 0.1) is 0 Å². The van der Waals surface area contributed by atoms with Crippen molar-refractivity contribution in [3.63, 3.8) is 0 Å². The minimum Gasteiger partial charge on any atom is -0.374 e. The van der Waals surface area contributed by atoms with Crippen molar-refractivity contribution in [2.75, 3.05) is 6.54 Å². The van der Waals surface area contributed by atoms with Crippen molar-refractivity contribution < 1.29 is 4.74 Å². The van der Waals surface area contributed by atoms with Gasteiger partial charge >= 0.3 is 0 Å². The topological polar surface area (TPSA) is 21.3 Å². The molecule has 0 saturated heterocycles. The lowest BCUT2D eigenvalue weighted by atomic mass is 10.1. The van der Waals surface area contributed by atoms with Crippen molar-refractivity contribution in [1.82, 2.24) is 5.32 Å². The normalized spacial score (nSPS) is 13.5. The Morgan fingerprint density at radius 2 is 2.05 bits per heavy atom. The fourth-order valence-electron chi connectivity index (χ4n) is 1.80. The highest BCUT2D eigenvalue weighted by atomic mass is 79.9. The van der Waals surface area contributed by atoms with Gasteiger partial charge < -0.3 is 10.1 Å². The third kappa shape index (κ3) is 8.40. The van der Waals surface area contributed by atoms with Crippen molar-refractivity contribution >= 4 is 15.9 Å². The Balaban J connectivity index is 2.16. The Bertz CT molecular complexity index is 373. The highest BCUT2D eigenvalue weighted by molar-refractivity contribution is 9.10. The molecule has 0 fully saturated rings. The number of nitrogens with one attached hydrogen (secondary N) is 1. The van der Waals surface area contributed by atoms with Crippen LogP contribution in [-0.2, 0) is 11.3 Å². The minimum atomic E-state index is 0.209. The van der Waals surface area contributed by atoms with Gasteiger partial charge in [0.25, 0.3) is 0 Å². The second kappa shape index (κ2) is 8.03. The Morgan fingerprint density at radius 1 is 1.32 bits per heavy atom. The molecule has 0 radical (unpaired) electrons. The summed E-state index contributed by atoms with van der Waals surface area (Å²) in [6, 6.07) is 8.28. The van der Waals surface area contributed by atoms with Crippen LogP contribution in [0.4, 0.5) is 0 Å². The zero-order valence-electron chi connectivity index (χ0n) is 12.5. The standard InChI is InChI=1S/C16H26BrNO/c1-13(7-6-10-18-16(2,3)4)19-12-14-8-5-9-15(17)11-14/h5,8-9,11,13,18H,6-7,10,12H2,1-4H3. The molecular weight excluding hydrogens is 302 g/mol. The molecule has 19 heavy (non-hydrogen) atoms. The van der Waals surface area contributed by atoms with E-state index in [1.165, 1.54) is 5.56 Å². The van der Waals surface area contributed by atoms with Crippen molar-refractivity contribution in [2.24, 2.45) is 0 Å². The molecule has 0 aromatic heterocycles. The van der Waals surface area contributed by atoms with Crippen LogP contribution >= 0.6 is 15.9 Å². The molecule has 1 N–H and O–H groups in total. The van der Waals surface area contributed by atoms with Gasteiger partial charge in [-0.1, -0.05) is 28.1 Å². The van der Waals surface area contributed by atoms with E-state index in [1.807, 2.05) is 12.1 Å². The molecule has 0 saturated carbocycles. The van der Waals surface area contributed by atoms with Gasteiger partial charge in [-0.2, -0.15) is 0 Å². The second-order valence-electron chi connectivity index (χ2n) is 6.07. The van der Waals surface area contributed by atoms with Crippen LogP contribution in [0.2, 0.25) is 0 Å². The molecule has 0 aliphatic rings. The fourth-order valence-corrected chi connectivity index (χ4v) is 2.25. The zero-order chi connectivity index (χ0) is 14.3. The highest BCUT2D eigenvalue weighted by Gasteiger charge is 2.08. The number of ether oxygens (including phenoxy) is 1. The SMILES string of the molecule is CC(CCCNC(C)(C)C)OCc1cccc(Br)c1. The van der Waals surface area contributed by atoms with Crippen LogP contribution in [0.15, 0.2) is 28.7 Å². The fraction of sp³-hybridized carbons (Fsp3) is 0.625. The third-order valence-corrected chi connectivity index (χ3v) is 3.36. The number of hydrogen-bond donors (Lipinski definition) is 1. The van der Waals surface area contributed by atoms with Crippen molar-refractivity contribution in [2.45, 2.75) is 58.8 Å². The number of benzene rings is 1. The summed E-state index contributed by atoms with van der Waals surface area (Å²) in [5.41, 5.74) is 1.43. The van der Waals surface area contributed by atoms with Gasteiger partial charge in [0, 0.05) is 10.0 Å². The molecule has 1 unspecified atom stereocenters. The molecule has 0 spiro atoms. The van der Waals surface area contributed by atoms with E-state index in [0.29, 0.717) is 12.7 Å². The van der Waals surface area contributed by atoms with E-state index in [0.717, 1.165) is 23.9 Å². The average molecular weight is 328 g/mol. The van der Waals surface area contributed by atoms with E-state index in [9.17, 15) is 0 Å². The molecule has 0 bridgehead atoms. The summed E-state index contributed by atoms with van der Waals surface area (Å²) in [4.78, 5) is 0. The molecule has 3 heteroatoms. The molecule has 108 valence electrons. The van der Waals surface area contributed by atoms with E-state index in [4.69, 9.17) is 4.74 Å². The van der Waals surface area contributed by atoms with Gasteiger partial charge in [-0.15, -0.1) is 0 Å². The van der Waals surface area contributed by atoms with E-state index in [1.54, 1.807) is 0 Å². The Hall–Kier alpha value is -0.380. The van der Waals surface area contributed by atoms with Gasteiger partial charge in [0.1, 0.15) is 0 Å². The molecule has 0 aliphatic heterocycles. The summed E-state index contributed by atoms with van der Waals surface area (Å²) in [5, 5.41) is 3.50. The summed E-state index contributed by atoms with van der Waals surface area (Å²) in [5.74, 6) is 0. The van der Waals surface area contributed by atoms with E-state index < -0.39 is 0 Å². The number of halogens is 1. The third-order valence-electron chi connectivity index (χ3n) is 2.87. The lowest BCUT2D eigenvalue weighted by molar-refractivity contribution is 0.0461. The van der Waals surface area contributed by atoms with E-state index >= 15 is 0 Å². The maximum atomic E-state index is 5.87. The summed E-state index contributed by atoms with van der Waals surface area (Å²) < 4.78 is 6.97. The molecular formula is C16H26BrNO. The number of hydrogen-bond acceptors (Lipinski definition) is 2. The summed E-state index contributed by atoms with van der Waals surface area (Å²) in [6.07, 6.45) is 2.55. The smallest absolute Gasteiger partial charge is 0.0720 e. The highest BCUT2D eigenvalue weighted by Crippen LogP contribution is 2.14. The zero-order valence-corrected chi connectivity index (χ0v) is 14.1. The van der Waals surface area contributed by atoms with Gasteiger partial charge in [-0.05, 0) is 64.8 Å². The van der Waals surface area contributed by atoms with Gasteiger partial charge in [0.2, 0.25) is 0 Å². The van der Waals surface area contributed by atoms with Crippen LogP contribution < -0.4 is 5.32 Å². The minimum absolute atomic E-state index is 0.209. The largest absolute Gasteiger partial charge is 0.374 e. The summed E-state index contributed by atoms with van der Waals surface area (Å²) >= 11 is 3.48. The molecule has 1 aromatic rings. The first-order valence-electron chi connectivity index (χ1n) is 6.98. The predicted octanol–water partition coefficient (Wildman–Crippen LogP) is 4.52. The molecule has 1 atom stereocenters. The molecule has 0 heterocycles. The first-order valence-corrected chi connectivity index (χ1v) is 7.77. The van der Waals surface area contributed by atoms with Crippen LogP contribution in [0.3, 0.4) is 0 Å². The average Bonchev–Trinajstić information content (AvgIpc) is 2.31. The molecule has 0 aliphatic carbocycles. The summed E-state index contributed by atoms with van der Waals surface area (Å²) in [6.45, 7) is 10.5. The maximum absolute atomic E-state index is 5.87. The molecule has 1 rings (SSSR count). The molecule has 0 amide bonds. The predicted molar refractivity (Wildman–Crippen MR) is 85.4 cm³/mol. The van der Waals surface area contributed by atoms with Gasteiger partial charge in [0.05, 0.1) is 12.7 Å². The van der Waals surface area contributed by atoms with Crippen LogP contribution in [0.1, 0.15) is 46.1 Å². The lowest BCUT2D eigenvalue weighted by Crippen LogP contribution is -2.36. The number of rotatable bonds is 7. The van der Waals surface area contributed by atoms with E-state index in [2.05, 4.69) is 61.1 Å². The first-order chi connectivity index (χ1) is 8.87. The van der Waals surface area contributed by atoms with Gasteiger partial charge in [-0.3, -0.25) is 0 Å². The van der Waals surface area contributed by atoms with Crippen LogP contribution in [0.25, 0.3) is 0 Å². The Morgan fingerprint density at radius 3 is 2.68 bits per heavy atom. The Kier molecular flexibility index (Phi) is 7.05. The Labute approximate surface area is 126 Å². The first kappa shape index (κ1) is 16.7. The van der Waals surface area contributed by atoms with Crippen LogP contribution in [0.5, 0.6) is 0 Å². The quantitative estimate of drug-likeness (QED) is 0.743. The molecule has 1 aromatic carbocycles.